The average Bonchev–Trinajstić information content (AvgIpc) is 2.67. The number of aliphatic hydroxyl groups excluding tert-OH is 1. The van der Waals surface area contributed by atoms with E-state index in [4.69, 9.17) is 5.11 Å². The minimum atomic E-state index is -1.04. The number of hydrogen-bond acceptors (Lipinski definition) is 4. The van der Waals surface area contributed by atoms with Crippen LogP contribution in [0.1, 0.15) is 23.2 Å². The fraction of sp³-hybridized carbons (Fsp3) is 0.364. The molecule has 1 heterocycles. The summed E-state index contributed by atoms with van der Waals surface area (Å²) in [6.45, 7) is 0.0180. The number of rotatable bonds is 4. The predicted octanol–water partition coefficient (Wildman–Crippen LogP) is 1.13. The highest BCUT2D eigenvalue weighted by Crippen LogP contribution is 2.29. The van der Waals surface area contributed by atoms with Gasteiger partial charge in [0.15, 0.2) is 16.6 Å². The molecule has 1 aliphatic heterocycles. The van der Waals surface area contributed by atoms with Gasteiger partial charge >= 0.3 is 0 Å². The second-order valence-corrected chi connectivity index (χ2v) is 5.05. The topological polar surface area (TPSA) is 72.4 Å². The molecule has 4 nitrogen and oxygen atoms in total. The fourth-order valence-electron chi connectivity index (χ4n) is 1.64. The summed E-state index contributed by atoms with van der Waals surface area (Å²) < 4.78 is 11.6. The molecule has 1 aliphatic rings. The van der Waals surface area contributed by atoms with Crippen LogP contribution in [0.15, 0.2) is 23.1 Å². The monoisotopic (exact) mass is 239 g/mol. The van der Waals surface area contributed by atoms with E-state index in [1.807, 2.05) is 0 Å². The summed E-state index contributed by atoms with van der Waals surface area (Å²) in [4.78, 5) is 12.4. The van der Waals surface area contributed by atoms with Gasteiger partial charge in [-0.05, 0) is 18.6 Å². The number of fused-ring (bicyclic) bond motifs is 1. The van der Waals surface area contributed by atoms with E-state index in [0.29, 0.717) is 29.2 Å². The molecule has 1 unspecified atom stereocenters. The van der Waals surface area contributed by atoms with Crippen molar-refractivity contribution in [3.8, 4) is 0 Å². The van der Waals surface area contributed by atoms with Gasteiger partial charge in [0.2, 0.25) is 0 Å². The Labute approximate surface area is 96.9 Å². The van der Waals surface area contributed by atoms with Gasteiger partial charge in [-0.2, -0.15) is 0 Å². The lowest BCUT2D eigenvalue weighted by atomic mass is 10.1. The summed E-state index contributed by atoms with van der Waals surface area (Å²) in [5.74, 6) is 0.407. The van der Waals surface area contributed by atoms with E-state index in [1.165, 1.54) is 0 Å². The SMILES string of the molecule is O=C(CCCO)c1ccc2c(c1)[S+]([O-])CN2. The number of ketones is 1. The Balaban J connectivity index is 2.17. The Bertz CT molecular complexity index is 408. The number of benzene rings is 1. The molecule has 0 fully saturated rings. The molecule has 1 aromatic carbocycles. The third-order valence-corrected chi connectivity index (χ3v) is 3.74. The Morgan fingerprint density at radius 2 is 2.38 bits per heavy atom. The number of anilines is 1. The van der Waals surface area contributed by atoms with Gasteiger partial charge in [0.1, 0.15) is 0 Å². The van der Waals surface area contributed by atoms with Gasteiger partial charge < -0.3 is 15.0 Å². The number of nitrogens with one attached hydrogen (secondary N) is 1. The van der Waals surface area contributed by atoms with Gasteiger partial charge in [-0.25, -0.2) is 0 Å². The van der Waals surface area contributed by atoms with Gasteiger partial charge in [-0.15, -0.1) is 0 Å². The molecule has 0 radical (unpaired) electrons. The molecule has 0 bridgehead atoms. The van der Waals surface area contributed by atoms with Crippen LogP contribution in [-0.2, 0) is 11.2 Å². The predicted molar refractivity (Wildman–Crippen MR) is 62.0 cm³/mol. The average molecular weight is 239 g/mol. The quantitative estimate of drug-likeness (QED) is 0.610. The summed E-state index contributed by atoms with van der Waals surface area (Å²) >= 11 is -1.04. The zero-order valence-corrected chi connectivity index (χ0v) is 9.55. The minimum Gasteiger partial charge on any atom is -0.610 e. The fourth-order valence-corrected chi connectivity index (χ4v) is 2.72. The molecule has 0 aliphatic carbocycles. The van der Waals surface area contributed by atoms with Gasteiger partial charge in [0.05, 0.1) is 5.69 Å². The number of carbonyl (C=O) groups excluding carboxylic acids is 1. The van der Waals surface area contributed by atoms with Crippen LogP contribution in [0, 0.1) is 0 Å². The number of carbonyl (C=O) groups is 1. The lowest BCUT2D eigenvalue weighted by Crippen LogP contribution is -2.04. The van der Waals surface area contributed by atoms with Crippen LogP contribution in [-0.4, -0.2) is 27.9 Å². The summed E-state index contributed by atoms with van der Waals surface area (Å²) in [5, 5.41) is 11.7. The van der Waals surface area contributed by atoms with Crippen LogP contribution >= 0.6 is 0 Å². The van der Waals surface area contributed by atoms with E-state index in [1.54, 1.807) is 18.2 Å². The zero-order valence-electron chi connectivity index (χ0n) is 8.73. The third kappa shape index (κ3) is 2.21. The molecule has 0 aromatic heterocycles. The smallest absolute Gasteiger partial charge is 0.181 e. The second kappa shape index (κ2) is 4.86. The standard InChI is InChI=1S/C11H13NO3S/c13-5-1-2-10(14)8-3-4-9-11(6-8)16(15)7-12-9/h3-4,6,12-13H,1-2,5,7H2. The van der Waals surface area contributed by atoms with Crippen LogP contribution < -0.4 is 5.32 Å². The molecule has 2 rings (SSSR count). The normalized spacial score (nSPS) is 18.0. The van der Waals surface area contributed by atoms with Crippen molar-refractivity contribution in [3.05, 3.63) is 23.8 Å². The summed E-state index contributed by atoms with van der Waals surface area (Å²) in [6, 6.07) is 5.20. The highest BCUT2D eigenvalue weighted by atomic mass is 32.2. The number of hydrogen-bond donors (Lipinski definition) is 2. The van der Waals surface area contributed by atoms with Gasteiger partial charge in [-0.3, -0.25) is 4.79 Å². The van der Waals surface area contributed by atoms with E-state index in [0.717, 1.165) is 5.69 Å². The highest BCUT2D eigenvalue weighted by Gasteiger charge is 2.24. The second-order valence-electron chi connectivity index (χ2n) is 3.63. The van der Waals surface area contributed by atoms with Gasteiger partial charge in [-0.1, -0.05) is 0 Å². The molecular weight excluding hydrogens is 226 g/mol. The van der Waals surface area contributed by atoms with E-state index >= 15 is 0 Å². The molecule has 0 spiro atoms. The third-order valence-electron chi connectivity index (χ3n) is 2.50. The molecule has 0 saturated carbocycles. The Morgan fingerprint density at radius 3 is 3.12 bits per heavy atom. The van der Waals surface area contributed by atoms with Crippen molar-refractivity contribution >= 4 is 22.6 Å². The van der Waals surface area contributed by atoms with E-state index < -0.39 is 11.2 Å². The lowest BCUT2D eigenvalue weighted by molar-refractivity contribution is 0.0971. The highest BCUT2D eigenvalue weighted by molar-refractivity contribution is 7.92. The van der Waals surface area contributed by atoms with Crippen LogP contribution in [0.5, 0.6) is 0 Å². The molecule has 16 heavy (non-hydrogen) atoms. The maximum absolute atomic E-state index is 11.7. The van der Waals surface area contributed by atoms with E-state index in [9.17, 15) is 9.35 Å². The summed E-state index contributed by atoms with van der Waals surface area (Å²) in [7, 11) is 0. The van der Waals surface area contributed by atoms with Gasteiger partial charge in [0, 0.05) is 35.8 Å². The van der Waals surface area contributed by atoms with Gasteiger partial charge in [0.25, 0.3) is 0 Å². The van der Waals surface area contributed by atoms with Crippen molar-refractivity contribution < 1.29 is 14.5 Å². The first kappa shape index (κ1) is 11.4. The lowest BCUT2D eigenvalue weighted by Gasteiger charge is -2.03. The van der Waals surface area contributed by atoms with Crippen LogP contribution in [0.3, 0.4) is 0 Å². The summed E-state index contributed by atoms with van der Waals surface area (Å²) in [6.07, 6.45) is 0.798. The van der Waals surface area contributed by atoms with Crippen molar-refractivity contribution in [1.82, 2.24) is 0 Å². The molecule has 1 atom stereocenters. The molecular formula is C11H13NO3S. The Hall–Kier alpha value is -1.04. The molecule has 0 saturated heterocycles. The van der Waals surface area contributed by atoms with Crippen molar-refractivity contribution in [2.75, 3.05) is 17.8 Å². The molecule has 86 valence electrons. The summed E-state index contributed by atoms with van der Waals surface area (Å²) in [5.41, 5.74) is 1.42. The molecule has 5 heteroatoms. The maximum atomic E-state index is 11.7. The number of Topliss-reactive ketones (excluding diaryl/α,β-unsaturated/α-hetero) is 1. The zero-order chi connectivity index (χ0) is 11.5. The molecule has 2 N–H and O–H groups in total. The molecule has 1 aromatic rings. The van der Waals surface area contributed by atoms with Crippen LogP contribution in [0.2, 0.25) is 0 Å². The first-order valence-electron chi connectivity index (χ1n) is 5.12. The van der Waals surface area contributed by atoms with E-state index in [-0.39, 0.29) is 12.4 Å². The van der Waals surface area contributed by atoms with E-state index in [2.05, 4.69) is 5.32 Å². The van der Waals surface area contributed by atoms with Crippen molar-refractivity contribution in [3.63, 3.8) is 0 Å². The first-order valence-corrected chi connectivity index (χ1v) is 6.44. The molecule has 0 amide bonds. The van der Waals surface area contributed by atoms with Crippen LogP contribution in [0.4, 0.5) is 5.69 Å². The Kier molecular flexibility index (Phi) is 3.48. The Morgan fingerprint density at radius 1 is 1.56 bits per heavy atom. The maximum Gasteiger partial charge on any atom is 0.181 e. The van der Waals surface area contributed by atoms with Crippen molar-refractivity contribution in [1.29, 1.82) is 0 Å². The van der Waals surface area contributed by atoms with Crippen molar-refractivity contribution in [2.24, 2.45) is 0 Å². The number of aliphatic hydroxyl groups is 1. The largest absolute Gasteiger partial charge is 0.610 e. The van der Waals surface area contributed by atoms with Crippen molar-refractivity contribution in [2.45, 2.75) is 17.7 Å². The first-order chi connectivity index (χ1) is 7.72. The van der Waals surface area contributed by atoms with Crippen LogP contribution in [0.25, 0.3) is 0 Å². The minimum absolute atomic E-state index is 0.0132.